The number of nitrogens with zero attached hydrogens (tertiary/aromatic N) is 3. The SMILES string of the molecule is Cn1ncc(C(F)(CN)C(C)(C)C)n1. The van der Waals surface area contributed by atoms with E-state index >= 15 is 0 Å². The monoisotopic (exact) mass is 200 g/mol. The van der Waals surface area contributed by atoms with Gasteiger partial charge in [-0.15, -0.1) is 0 Å². The lowest BCUT2D eigenvalue weighted by Gasteiger charge is -2.34. The van der Waals surface area contributed by atoms with E-state index in [0.717, 1.165) is 0 Å². The van der Waals surface area contributed by atoms with Crippen molar-refractivity contribution in [2.45, 2.75) is 26.4 Å². The van der Waals surface area contributed by atoms with Crippen molar-refractivity contribution in [2.75, 3.05) is 6.54 Å². The van der Waals surface area contributed by atoms with Crippen LogP contribution >= 0.6 is 0 Å². The van der Waals surface area contributed by atoms with Crippen LogP contribution in [0.25, 0.3) is 0 Å². The molecule has 0 amide bonds. The fourth-order valence-corrected chi connectivity index (χ4v) is 1.32. The Morgan fingerprint density at radius 2 is 2.07 bits per heavy atom. The van der Waals surface area contributed by atoms with Crippen molar-refractivity contribution >= 4 is 0 Å². The molecule has 2 N–H and O–H groups in total. The lowest BCUT2D eigenvalue weighted by atomic mass is 9.76. The second-order valence-electron chi connectivity index (χ2n) is 4.47. The van der Waals surface area contributed by atoms with Gasteiger partial charge in [-0.2, -0.15) is 15.0 Å². The summed E-state index contributed by atoms with van der Waals surface area (Å²) in [4.78, 5) is 1.34. The first-order valence-corrected chi connectivity index (χ1v) is 4.57. The number of hydrogen-bond acceptors (Lipinski definition) is 3. The number of nitrogens with two attached hydrogens (primary N) is 1. The molecule has 5 heteroatoms. The molecule has 4 nitrogen and oxygen atoms in total. The predicted octanol–water partition coefficient (Wildman–Crippen LogP) is 0.985. The van der Waals surface area contributed by atoms with Crippen molar-refractivity contribution in [1.82, 2.24) is 15.0 Å². The van der Waals surface area contributed by atoms with Gasteiger partial charge in [0.15, 0.2) is 5.67 Å². The number of aromatic nitrogens is 3. The van der Waals surface area contributed by atoms with E-state index in [1.165, 1.54) is 11.0 Å². The number of rotatable bonds is 2. The van der Waals surface area contributed by atoms with Crippen LogP contribution < -0.4 is 5.73 Å². The van der Waals surface area contributed by atoms with E-state index in [2.05, 4.69) is 10.2 Å². The first kappa shape index (κ1) is 11.1. The summed E-state index contributed by atoms with van der Waals surface area (Å²) in [5.41, 5.74) is 3.57. The summed E-state index contributed by atoms with van der Waals surface area (Å²) < 4.78 is 14.5. The van der Waals surface area contributed by atoms with Gasteiger partial charge >= 0.3 is 0 Å². The average Bonchev–Trinajstić information content (AvgIpc) is 2.48. The Kier molecular flexibility index (Phi) is 2.63. The highest BCUT2D eigenvalue weighted by molar-refractivity contribution is 5.12. The topological polar surface area (TPSA) is 56.7 Å². The Bertz CT molecular complexity index is 315. The van der Waals surface area contributed by atoms with Crippen molar-refractivity contribution in [3.05, 3.63) is 11.9 Å². The van der Waals surface area contributed by atoms with Crippen molar-refractivity contribution < 1.29 is 4.39 Å². The highest BCUT2D eigenvalue weighted by Crippen LogP contribution is 2.40. The summed E-state index contributed by atoms with van der Waals surface area (Å²) in [5.74, 6) is 0. The van der Waals surface area contributed by atoms with Gasteiger partial charge in [0.2, 0.25) is 0 Å². The fourth-order valence-electron chi connectivity index (χ4n) is 1.32. The second-order valence-corrected chi connectivity index (χ2v) is 4.47. The molecule has 1 aromatic heterocycles. The molecule has 1 rings (SSSR count). The van der Waals surface area contributed by atoms with Gasteiger partial charge in [-0.3, -0.25) is 0 Å². The van der Waals surface area contributed by atoms with Crippen molar-refractivity contribution in [1.29, 1.82) is 0 Å². The Morgan fingerprint density at radius 3 is 2.36 bits per heavy atom. The molecule has 0 aliphatic rings. The lowest BCUT2D eigenvalue weighted by Crippen LogP contribution is -2.43. The number of hydrogen-bond donors (Lipinski definition) is 1. The standard InChI is InChI=1S/C9H17FN4/c1-8(2,3)9(10,6-11)7-5-12-14(4)13-7/h5H,6,11H2,1-4H3. The molecule has 0 bridgehead atoms. The average molecular weight is 200 g/mol. The van der Waals surface area contributed by atoms with Gasteiger partial charge in [-0.05, 0) is 0 Å². The molecule has 1 atom stereocenters. The molecule has 0 radical (unpaired) electrons. The molecule has 0 aliphatic heterocycles. The number of halogens is 1. The third kappa shape index (κ3) is 1.64. The maximum absolute atomic E-state index is 14.5. The maximum Gasteiger partial charge on any atom is 0.172 e. The highest BCUT2D eigenvalue weighted by Gasteiger charge is 2.45. The molecule has 0 spiro atoms. The van der Waals surface area contributed by atoms with Crippen molar-refractivity contribution in [2.24, 2.45) is 18.2 Å². The zero-order chi connectivity index (χ0) is 11.0. The van der Waals surface area contributed by atoms with Gasteiger partial charge in [0.25, 0.3) is 0 Å². The Balaban J connectivity index is 3.14. The van der Waals surface area contributed by atoms with Crippen LogP contribution in [0.2, 0.25) is 0 Å². The van der Waals surface area contributed by atoms with E-state index in [1.807, 2.05) is 0 Å². The molecular formula is C9H17FN4. The van der Waals surface area contributed by atoms with Gasteiger partial charge in [-0.1, -0.05) is 20.8 Å². The van der Waals surface area contributed by atoms with Crippen LogP contribution in [0, 0.1) is 5.41 Å². The van der Waals surface area contributed by atoms with Gasteiger partial charge in [0, 0.05) is 19.0 Å². The summed E-state index contributed by atoms with van der Waals surface area (Å²) in [6.45, 7) is 5.31. The maximum atomic E-state index is 14.5. The van der Waals surface area contributed by atoms with Crippen LogP contribution in [0.5, 0.6) is 0 Å². The third-order valence-corrected chi connectivity index (χ3v) is 2.48. The van der Waals surface area contributed by atoms with Crippen LogP contribution in [-0.4, -0.2) is 21.5 Å². The van der Waals surface area contributed by atoms with E-state index in [1.54, 1.807) is 27.8 Å². The molecular weight excluding hydrogens is 183 g/mol. The van der Waals surface area contributed by atoms with E-state index < -0.39 is 11.1 Å². The molecule has 14 heavy (non-hydrogen) atoms. The van der Waals surface area contributed by atoms with Gasteiger partial charge < -0.3 is 5.73 Å². The number of alkyl halides is 1. The van der Waals surface area contributed by atoms with Crippen LogP contribution in [-0.2, 0) is 12.7 Å². The zero-order valence-electron chi connectivity index (χ0n) is 9.08. The molecule has 0 aromatic carbocycles. The van der Waals surface area contributed by atoms with Crippen molar-refractivity contribution in [3.8, 4) is 0 Å². The summed E-state index contributed by atoms with van der Waals surface area (Å²) in [6.07, 6.45) is 1.43. The normalized spacial score (nSPS) is 16.7. The third-order valence-electron chi connectivity index (χ3n) is 2.48. The quantitative estimate of drug-likeness (QED) is 0.774. The summed E-state index contributed by atoms with van der Waals surface area (Å²) in [5, 5.41) is 7.82. The molecule has 0 saturated carbocycles. The predicted molar refractivity (Wildman–Crippen MR) is 52.3 cm³/mol. The first-order valence-electron chi connectivity index (χ1n) is 4.57. The van der Waals surface area contributed by atoms with Crippen LogP contribution in [0.15, 0.2) is 6.20 Å². The summed E-state index contributed by atoms with van der Waals surface area (Å²) in [7, 11) is 1.66. The minimum absolute atomic E-state index is 0.0881. The largest absolute Gasteiger partial charge is 0.327 e. The Labute approximate surface area is 83.3 Å². The van der Waals surface area contributed by atoms with E-state index in [4.69, 9.17) is 5.73 Å². The lowest BCUT2D eigenvalue weighted by molar-refractivity contribution is 0.0294. The van der Waals surface area contributed by atoms with E-state index in [-0.39, 0.29) is 6.54 Å². The van der Waals surface area contributed by atoms with Gasteiger partial charge in [-0.25, -0.2) is 4.39 Å². The van der Waals surface area contributed by atoms with Gasteiger partial charge in [0.05, 0.1) is 6.20 Å². The zero-order valence-corrected chi connectivity index (χ0v) is 9.08. The van der Waals surface area contributed by atoms with E-state index in [0.29, 0.717) is 5.69 Å². The summed E-state index contributed by atoms with van der Waals surface area (Å²) >= 11 is 0. The van der Waals surface area contributed by atoms with E-state index in [9.17, 15) is 4.39 Å². The molecule has 1 unspecified atom stereocenters. The molecule has 0 fully saturated rings. The Hall–Kier alpha value is -0.970. The first-order chi connectivity index (χ1) is 6.31. The second kappa shape index (κ2) is 3.31. The molecule has 1 aromatic rings. The van der Waals surface area contributed by atoms with Crippen molar-refractivity contribution in [3.63, 3.8) is 0 Å². The van der Waals surface area contributed by atoms with Crippen LogP contribution in [0.4, 0.5) is 4.39 Å². The molecule has 0 saturated heterocycles. The number of aryl methyl sites for hydroxylation is 1. The molecule has 0 aliphatic carbocycles. The van der Waals surface area contributed by atoms with Crippen LogP contribution in [0.3, 0.4) is 0 Å². The summed E-state index contributed by atoms with van der Waals surface area (Å²) in [6, 6.07) is 0. The molecule has 80 valence electrons. The minimum atomic E-state index is -1.62. The smallest absolute Gasteiger partial charge is 0.172 e. The fraction of sp³-hybridized carbons (Fsp3) is 0.778. The van der Waals surface area contributed by atoms with Gasteiger partial charge in [0.1, 0.15) is 5.69 Å². The minimum Gasteiger partial charge on any atom is -0.327 e. The molecule has 1 heterocycles. The highest BCUT2D eigenvalue weighted by atomic mass is 19.1. The van der Waals surface area contributed by atoms with Crippen LogP contribution in [0.1, 0.15) is 26.5 Å². The Morgan fingerprint density at radius 1 is 1.50 bits per heavy atom.